The molecule has 2 rings (SSSR count). The number of halogens is 2. The lowest BCUT2D eigenvalue weighted by molar-refractivity contribution is 0.0370. The summed E-state index contributed by atoms with van der Waals surface area (Å²) in [7, 11) is 0. The topological polar surface area (TPSA) is 29.5 Å². The van der Waals surface area contributed by atoms with Crippen LogP contribution in [-0.2, 0) is 4.74 Å². The van der Waals surface area contributed by atoms with Gasteiger partial charge in [0.15, 0.2) is 5.78 Å². The maximum Gasteiger partial charge on any atom is 0.166 e. The lowest BCUT2D eigenvalue weighted by atomic mass is 10.1. The molecule has 0 N–H and O–H groups in total. The van der Waals surface area contributed by atoms with Gasteiger partial charge in [0.1, 0.15) is 4.34 Å². The van der Waals surface area contributed by atoms with Gasteiger partial charge in [-0.3, -0.25) is 9.69 Å². The predicted octanol–water partition coefficient (Wildman–Crippen LogP) is 2.96. The van der Waals surface area contributed by atoms with Crippen molar-refractivity contribution in [3.05, 3.63) is 20.3 Å². The summed E-state index contributed by atoms with van der Waals surface area (Å²) >= 11 is 13.0. The van der Waals surface area contributed by atoms with Crippen molar-refractivity contribution in [2.45, 2.75) is 6.42 Å². The molecule has 1 fully saturated rings. The molecule has 1 aromatic heterocycles. The van der Waals surface area contributed by atoms with Gasteiger partial charge in [-0.25, -0.2) is 0 Å². The first kappa shape index (κ1) is 13.3. The average Bonchev–Trinajstić information content (AvgIpc) is 2.67. The summed E-state index contributed by atoms with van der Waals surface area (Å²) in [5.74, 6) is 0.0599. The van der Waals surface area contributed by atoms with Gasteiger partial charge in [-0.05, 0) is 6.07 Å². The quantitative estimate of drug-likeness (QED) is 0.800. The van der Waals surface area contributed by atoms with Crippen LogP contribution >= 0.6 is 34.5 Å². The van der Waals surface area contributed by atoms with Crippen molar-refractivity contribution in [3.8, 4) is 0 Å². The minimum Gasteiger partial charge on any atom is -0.379 e. The molecule has 0 spiro atoms. The number of hydrogen-bond donors (Lipinski definition) is 0. The molecule has 1 aliphatic heterocycles. The van der Waals surface area contributed by atoms with Gasteiger partial charge in [0, 0.05) is 31.6 Å². The Labute approximate surface area is 114 Å². The van der Waals surface area contributed by atoms with Crippen molar-refractivity contribution in [2.24, 2.45) is 0 Å². The molecular formula is C11H13Cl2NO2S. The zero-order valence-electron chi connectivity index (χ0n) is 9.25. The van der Waals surface area contributed by atoms with Crippen LogP contribution in [0.15, 0.2) is 6.07 Å². The highest BCUT2D eigenvalue weighted by Crippen LogP contribution is 2.31. The molecule has 0 amide bonds. The van der Waals surface area contributed by atoms with E-state index in [9.17, 15) is 4.79 Å². The minimum absolute atomic E-state index is 0.0599. The number of rotatable bonds is 4. The third-order valence-electron chi connectivity index (χ3n) is 2.72. The third kappa shape index (κ3) is 3.66. The van der Waals surface area contributed by atoms with Crippen LogP contribution in [0, 0.1) is 0 Å². The fraction of sp³-hybridized carbons (Fsp3) is 0.545. The summed E-state index contributed by atoms with van der Waals surface area (Å²) in [6.07, 6.45) is 0.479. The number of morpholine rings is 1. The molecule has 94 valence electrons. The van der Waals surface area contributed by atoms with Gasteiger partial charge >= 0.3 is 0 Å². The highest BCUT2D eigenvalue weighted by Gasteiger charge is 2.16. The van der Waals surface area contributed by atoms with E-state index in [1.807, 2.05) is 0 Å². The van der Waals surface area contributed by atoms with Crippen LogP contribution in [-0.4, -0.2) is 43.5 Å². The Morgan fingerprint density at radius 2 is 2.12 bits per heavy atom. The second kappa shape index (κ2) is 6.16. The normalized spacial score (nSPS) is 17.3. The Kier molecular flexibility index (Phi) is 4.82. The van der Waals surface area contributed by atoms with Crippen LogP contribution in [0.2, 0.25) is 8.67 Å². The fourth-order valence-electron chi connectivity index (χ4n) is 1.75. The van der Waals surface area contributed by atoms with Crippen molar-refractivity contribution >= 4 is 40.3 Å². The van der Waals surface area contributed by atoms with Gasteiger partial charge in [0.2, 0.25) is 0 Å². The Morgan fingerprint density at radius 3 is 2.71 bits per heavy atom. The van der Waals surface area contributed by atoms with Gasteiger partial charge in [-0.2, -0.15) is 0 Å². The van der Waals surface area contributed by atoms with Crippen molar-refractivity contribution in [1.29, 1.82) is 0 Å². The zero-order valence-corrected chi connectivity index (χ0v) is 11.6. The number of carbonyl (C=O) groups is 1. The van der Waals surface area contributed by atoms with Crippen molar-refractivity contribution in [1.82, 2.24) is 4.90 Å². The SMILES string of the molecule is O=C(CCN1CCOCC1)c1cc(Cl)sc1Cl. The van der Waals surface area contributed by atoms with Gasteiger partial charge in [-0.15, -0.1) is 11.3 Å². The lowest BCUT2D eigenvalue weighted by Gasteiger charge is -2.26. The fourth-order valence-corrected chi connectivity index (χ4v) is 3.25. The summed E-state index contributed by atoms with van der Waals surface area (Å²) in [6.45, 7) is 4.04. The first-order valence-electron chi connectivity index (χ1n) is 5.45. The highest BCUT2D eigenvalue weighted by atomic mass is 35.5. The summed E-state index contributed by atoms with van der Waals surface area (Å²) in [5, 5.41) is 0. The predicted molar refractivity (Wildman–Crippen MR) is 70.5 cm³/mol. The molecule has 0 saturated carbocycles. The highest BCUT2D eigenvalue weighted by molar-refractivity contribution is 7.20. The lowest BCUT2D eigenvalue weighted by Crippen LogP contribution is -2.37. The molecule has 17 heavy (non-hydrogen) atoms. The number of Topliss-reactive ketones (excluding diaryl/α,β-unsaturated/α-hetero) is 1. The molecule has 0 bridgehead atoms. The summed E-state index contributed by atoms with van der Waals surface area (Å²) < 4.78 is 6.30. The van der Waals surface area contributed by atoms with E-state index >= 15 is 0 Å². The zero-order chi connectivity index (χ0) is 12.3. The standard InChI is InChI=1S/C11H13Cl2NO2S/c12-10-7-8(11(13)17-10)9(15)1-2-14-3-5-16-6-4-14/h7H,1-6H2. The number of hydrogen-bond acceptors (Lipinski definition) is 4. The van der Waals surface area contributed by atoms with Crippen LogP contribution in [0.3, 0.4) is 0 Å². The first-order valence-corrected chi connectivity index (χ1v) is 7.02. The number of thiophene rings is 1. The van der Waals surface area contributed by atoms with Gasteiger partial charge < -0.3 is 4.74 Å². The summed E-state index contributed by atoms with van der Waals surface area (Å²) in [6, 6.07) is 1.65. The summed E-state index contributed by atoms with van der Waals surface area (Å²) in [5.41, 5.74) is 0.551. The molecular weight excluding hydrogens is 281 g/mol. The Bertz CT molecular complexity index is 402. The van der Waals surface area contributed by atoms with Gasteiger partial charge in [0.05, 0.1) is 17.6 Å². The maximum atomic E-state index is 11.9. The van der Waals surface area contributed by atoms with Crippen LogP contribution in [0.1, 0.15) is 16.8 Å². The Morgan fingerprint density at radius 1 is 1.41 bits per heavy atom. The van der Waals surface area contributed by atoms with E-state index in [1.165, 1.54) is 11.3 Å². The first-order chi connectivity index (χ1) is 8.16. The Balaban J connectivity index is 1.86. The smallest absolute Gasteiger partial charge is 0.166 e. The van der Waals surface area contributed by atoms with E-state index in [0.29, 0.717) is 20.7 Å². The van der Waals surface area contributed by atoms with Crippen LogP contribution in [0.5, 0.6) is 0 Å². The minimum atomic E-state index is 0.0599. The molecule has 2 heterocycles. The molecule has 1 aromatic rings. The van der Waals surface area contributed by atoms with E-state index in [2.05, 4.69) is 4.90 Å². The molecule has 0 aliphatic carbocycles. The molecule has 0 aromatic carbocycles. The average molecular weight is 294 g/mol. The van der Waals surface area contributed by atoms with Crippen molar-refractivity contribution in [2.75, 3.05) is 32.8 Å². The molecule has 0 unspecified atom stereocenters. The van der Waals surface area contributed by atoms with E-state index in [0.717, 1.165) is 32.8 Å². The van der Waals surface area contributed by atoms with Crippen LogP contribution in [0.4, 0.5) is 0 Å². The third-order valence-corrected chi connectivity index (χ3v) is 4.20. The monoisotopic (exact) mass is 293 g/mol. The molecule has 0 radical (unpaired) electrons. The van der Waals surface area contributed by atoms with Crippen molar-refractivity contribution in [3.63, 3.8) is 0 Å². The number of ether oxygens (including phenoxy) is 1. The van der Waals surface area contributed by atoms with E-state index < -0.39 is 0 Å². The van der Waals surface area contributed by atoms with Gasteiger partial charge in [0.25, 0.3) is 0 Å². The van der Waals surface area contributed by atoms with Crippen LogP contribution < -0.4 is 0 Å². The molecule has 0 atom stereocenters. The number of carbonyl (C=O) groups excluding carboxylic acids is 1. The Hall–Kier alpha value is -0.130. The molecule has 1 saturated heterocycles. The molecule has 6 heteroatoms. The van der Waals surface area contributed by atoms with E-state index in [1.54, 1.807) is 6.07 Å². The maximum absolute atomic E-state index is 11.9. The number of ketones is 1. The summed E-state index contributed by atoms with van der Waals surface area (Å²) in [4.78, 5) is 14.2. The second-order valence-electron chi connectivity index (χ2n) is 3.87. The van der Waals surface area contributed by atoms with Gasteiger partial charge in [-0.1, -0.05) is 23.2 Å². The number of nitrogens with zero attached hydrogens (tertiary/aromatic N) is 1. The molecule has 3 nitrogen and oxygen atoms in total. The largest absolute Gasteiger partial charge is 0.379 e. The second-order valence-corrected chi connectivity index (χ2v) is 6.15. The van der Waals surface area contributed by atoms with E-state index in [-0.39, 0.29) is 5.78 Å². The van der Waals surface area contributed by atoms with Crippen molar-refractivity contribution < 1.29 is 9.53 Å². The van der Waals surface area contributed by atoms with Crippen LogP contribution in [0.25, 0.3) is 0 Å². The van der Waals surface area contributed by atoms with E-state index in [4.69, 9.17) is 27.9 Å². The molecule has 1 aliphatic rings.